The van der Waals surface area contributed by atoms with Gasteiger partial charge in [0.25, 0.3) is 0 Å². The first-order valence-electron chi connectivity index (χ1n) is 7.81. The average molecular weight is 258 g/mol. The predicted molar refractivity (Wildman–Crippen MR) is 82.5 cm³/mol. The number of aryl methyl sites for hydroxylation is 2. The van der Waals surface area contributed by atoms with Crippen molar-refractivity contribution in [3.63, 3.8) is 0 Å². The molecule has 0 radical (unpaired) electrons. The molecule has 1 aromatic carbocycles. The van der Waals surface area contributed by atoms with E-state index in [9.17, 15) is 0 Å². The fourth-order valence-corrected chi connectivity index (χ4v) is 2.66. The summed E-state index contributed by atoms with van der Waals surface area (Å²) in [6, 6.07) is 8.53. The van der Waals surface area contributed by atoms with Gasteiger partial charge in [-0.3, -0.25) is 0 Å². The van der Waals surface area contributed by atoms with E-state index in [1.807, 2.05) is 0 Å². The average Bonchev–Trinajstić information content (AvgIpc) is 2.77. The normalized spacial score (nSPS) is 11.3. The minimum Gasteiger partial charge on any atom is -0.328 e. The molecule has 0 bridgehead atoms. The van der Waals surface area contributed by atoms with E-state index in [4.69, 9.17) is 4.98 Å². The molecule has 1 aromatic heterocycles. The van der Waals surface area contributed by atoms with Crippen LogP contribution in [0.1, 0.15) is 58.2 Å². The third kappa shape index (κ3) is 3.59. The quantitative estimate of drug-likeness (QED) is 0.612. The van der Waals surface area contributed by atoms with Crippen molar-refractivity contribution >= 4 is 11.0 Å². The zero-order chi connectivity index (χ0) is 13.5. The van der Waals surface area contributed by atoms with E-state index in [2.05, 4.69) is 42.7 Å². The van der Waals surface area contributed by atoms with Gasteiger partial charge in [0.1, 0.15) is 5.82 Å². The lowest BCUT2D eigenvalue weighted by Gasteiger charge is -2.08. The lowest BCUT2D eigenvalue weighted by molar-refractivity contribution is 0.560. The highest BCUT2D eigenvalue weighted by atomic mass is 15.1. The monoisotopic (exact) mass is 258 g/mol. The highest BCUT2D eigenvalue weighted by molar-refractivity contribution is 5.75. The second kappa shape index (κ2) is 7.32. The molecule has 2 nitrogen and oxygen atoms in total. The van der Waals surface area contributed by atoms with Gasteiger partial charge in [-0.25, -0.2) is 4.98 Å². The van der Waals surface area contributed by atoms with Crippen molar-refractivity contribution in [1.82, 2.24) is 9.55 Å². The molecule has 0 saturated heterocycles. The van der Waals surface area contributed by atoms with E-state index in [1.165, 1.54) is 49.9 Å². The zero-order valence-corrected chi connectivity index (χ0v) is 12.4. The SMILES string of the molecule is CCCCCCCn1c(CCC)nc2ccccc21. The van der Waals surface area contributed by atoms with Crippen LogP contribution < -0.4 is 0 Å². The number of aromatic nitrogens is 2. The molecule has 0 spiro atoms. The molecule has 0 atom stereocenters. The molecule has 0 saturated carbocycles. The van der Waals surface area contributed by atoms with Crippen LogP contribution in [0.4, 0.5) is 0 Å². The first-order chi connectivity index (χ1) is 9.36. The Morgan fingerprint density at radius 1 is 0.947 bits per heavy atom. The number of imidazole rings is 1. The van der Waals surface area contributed by atoms with E-state index in [0.29, 0.717) is 0 Å². The van der Waals surface area contributed by atoms with Crippen LogP contribution in [0, 0.1) is 0 Å². The topological polar surface area (TPSA) is 17.8 Å². The summed E-state index contributed by atoms with van der Waals surface area (Å²) in [7, 11) is 0. The number of fused-ring (bicyclic) bond motifs is 1. The summed E-state index contributed by atoms with van der Waals surface area (Å²) in [5, 5.41) is 0. The standard InChI is InChI=1S/C17H26N2/c1-3-5-6-7-10-14-19-16-13-9-8-12-15(16)18-17(19)11-4-2/h8-9,12-13H,3-7,10-11,14H2,1-2H3. The van der Waals surface area contributed by atoms with E-state index in [1.54, 1.807) is 0 Å². The van der Waals surface area contributed by atoms with Crippen LogP contribution in [0.2, 0.25) is 0 Å². The minimum absolute atomic E-state index is 1.09. The molecule has 19 heavy (non-hydrogen) atoms. The van der Waals surface area contributed by atoms with Gasteiger partial charge in [0.2, 0.25) is 0 Å². The van der Waals surface area contributed by atoms with Gasteiger partial charge in [0.05, 0.1) is 11.0 Å². The van der Waals surface area contributed by atoms with Crippen molar-refractivity contribution in [3.8, 4) is 0 Å². The van der Waals surface area contributed by atoms with Crippen LogP contribution in [-0.4, -0.2) is 9.55 Å². The molecule has 2 aromatic rings. The first-order valence-corrected chi connectivity index (χ1v) is 7.81. The third-order valence-corrected chi connectivity index (χ3v) is 3.69. The molecule has 0 aliphatic rings. The van der Waals surface area contributed by atoms with Gasteiger partial charge >= 0.3 is 0 Å². The fourth-order valence-electron chi connectivity index (χ4n) is 2.66. The van der Waals surface area contributed by atoms with Gasteiger partial charge in [-0.1, -0.05) is 51.7 Å². The number of hydrogen-bond donors (Lipinski definition) is 0. The number of rotatable bonds is 8. The van der Waals surface area contributed by atoms with Gasteiger partial charge in [-0.15, -0.1) is 0 Å². The molecule has 0 fully saturated rings. The minimum atomic E-state index is 1.09. The summed E-state index contributed by atoms with van der Waals surface area (Å²) in [6.45, 7) is 5.62. The van der Waals surface area contributed by atoms with E-state index < -0.39 is 0 Å². The Bertz CT molecular complexity index is 499. The Morgan fingerprint density at radius 3 is 2.53 bits per heavy atom. The second-order valence-electron chi connectivity index (χ2n) is 5.33. The van der Waals surface area contributed by atoms with Crippen molar-refractivity contribution in [2.45, 2.75) is 65.3 Å². The van der Waals surface area contributed by atoms with Gasteiger partial charge in [0, 0.05) is 13.0 Å². The summed E-state index contributed by atoms with van der Waals surface area (Å²) in [4.78, 5) is 4.78. The van der Waals surface area contributed by atoms with Gasteiger partial charge in [-0.2, -0.15) is 0 Å². The lowest BCUT2D eigenvalue weighted by atomic mass is 10.1. The summed E-state index contributed by atoms with van der Waals surface area (Å²) < 4.78 is 2.44. The summed E-state index contributed by atoms with van der Waals surface area (Å²) in [6.07, 6.45) is 8.92. The number of benzene rings is 1. The first kappa shape index (κ1) is 14.1. The summed E-state index contributed by atoms with van der Waals surface area (Å²) >= 11 is 0. The molecule has 0 amide bonds. The Hall–Kier alpha value is -1.31. The predicted octanol–water partition coefficient (Wildman–Crippen LogP) is 4.96. The van der Waals surface area contributed by atoms with Crippen molar-refractivity contribution in [1.29, 1.82) is 0 Å². The van der Waals surface area contributed by atoms with Gasteiger partial charge < -0.3 is 4.57 Å². The number of hydrogen-bond acceptors (Lipinski definition) is 1. The van der Waals surface area contributed by atoms with Crippen LogP contribution in [0.25, 0.3) is 11.0 Å². The zero-order valence-electron chi connectivity index (χ0n) is 12.4. The Labute approximate surface area is 116 Å². The molecule has 2 heteroatoms. The van der Waals surface area contributed by atoms with E-state index >= 15 is 0 Å². The summed E-state index contributed by atoms with van der Waals surface area (Å²) in [5.74, 6) is 1.26. The largest absolute Gasteiger partial charge is 0.328 e. The summed E-state index contributed by atoms with van der Waals surface area (Å²) in [5.41, 5.74) is 2.46. The molecule has 1 heterocycles. The Kier molecular flexibility index (Phi) is 5.44. The molecular weight excluding hydrogens is 232 g/mol. The molecule has 0 N–H and O–H groups in total. The molecule has 2 rings (SSSR count). The van der Waals surface area contributed by atoms with Crippen molar-refractivity contribution in [2.24, 2.45) is 0 Å². The maximum atomic E-state index is 4.78. The maximum Gasteiger partial charge on any atom is 0.109 e. The highest BCUT2D eigenvalue weighted by Crippen LogP contribution is 2.18. The Morgan fingerprint density at radius 2 is 1.74 bits per heavy atom. The van der Waals surface area contributed by atoms with Crippen LogP contribution in [0.3, 0.4) is 0 Å². The number of unbranched alkanes of at least 4 members (excludes halogenated alkanes) is 4. The second-order valence-corrected chi connectivity index (χ2v) is 5.33. The fraction of sp³-hybridized carbons (Fsp3) is 0.588. The van der Waals surface area contributed by atoms with Gasteiger partial charge in [0.15, 0.2) is 0 Å². The van der Waals surface area contributed by atoms with Crippen LogP contribution >= 0.6 is 0 Å². The van der Waals surface area contributed by atoms with Crippen LogP contribution in [0.5, 0.6) is 0 Å². The molecular formula is C17H26N2. The molecule has 0 aliphatic heterocycles. The van der Waals surface area contributed by atoms with Crippen LogP contribution in [-0.2, 0) is 13.0 Å². The van der Waals surface area contributed by atoms with Crippen LogP contribution in [0.15, 0.2) is 24.3 Å². The smallest absolute Gasteiger partial charge is 0.109 e. The highest BCUT2D eigenvalue weighted by Gasteiger charge is 2.08. The number of nitrogens with zero attached hydrogens (tertiary/aromatic N) is 2. The maximum absolute atomic E-state index is 4.78. The van der Waals surface area contributed by atoms with Crippen molar-refractivity contribution < 1.29 is 0 Å². The third-order valence-electron chi connectivity index (χ3n) is 3.69. The lowest BCUT2D eigenvalue weighted by Crippen LogP contribution is -2.04. The molecule has 104 valence electrons. The van der Waals surface area contributed by atoms with E-state index in [-0.39, 0.29) is 0 Å². The molecule has 0 aliphatic carbocycles. The van der Waals surface area contributed by atoms with Crippen molar-refractivity contribution in [2.75, 3.05) is 0 Å². The molecule has 0 unspecified atom stereocenters. The van der Waals surface area contributed by atoms with Gasteiger partial charge in [-0.05, 0) is 25.0 Å². The van der Waals surface area contributed by atoms with Crippen molar-refractivity contribution in [3.05, 3.63) is 30.1 Å². The number of para-hydroxylation sites is 2. The van der Waals surface area contributed by atoms with E-state index in [0.717, 1.165) is 18.5 Å². The Balaban J connectivity index is 2.08.